The molecular formula is C24H26ClN3O3S. The second kappa shape index (κ2) is 10.5. The summed E-state index contributed by atoms with van der Waals surface area (Å²) in [6, 6.07) is 20.5. The Hall–Kier alpha value is -3.03. The van der Waals surface area contributed by atoms with E-state index in [1.165, 1.54) is 30.3 Å². The van der Waals surface area contributed by atoms with Crippen LogP contribution in [0.5, 0.6) is 0 Å². The average Bonchev–Trinajstić information content (AvgIpc) is 2.81. The molecule has 3 rings (SSSR count). The van der Waals surface area contributed by atoms with E-state index in [4.69, 9.17) is 11.6 Å². The van der Waals surface area contributed by atoms with Crippen LogP contribution in [0.2, 0.25) is 5.02 Å². The maximum Gasteiger partial charge on any atom is 0.261 e. The van der Waals surface area contributed by atoms with Gasteiger partial charge in [0.15, 0.2) is 0 Å². The third-order valence-corrected chi connectivity index (χ3v) is 6.76. The lowest BCUT2D eigenvalue weighted by Crippen LogP contribution is -2.24. The number of hydrogen-bond acceptors (Lipinski definition) is 4. The van der Waals surface area contributed by atoms with E-state index in [2.05, 4.69) is 28.8 Å². The first-order valence-electron chi connectivity index (χ1n) is 10.3. The van der Waals surface area contributed by atoms with Crippen LogP contribution in [0, 0.1) is 0 Å². The minimum absolute atomic E-state index is 0.133. The number of sulfonamides is 1. The molecule has 0 radical (unpaired) electrons. The molecule has 0 atom stereocenters. The Morgan fingerprint density at radius 3 is 2.22 bits per heavy atom. The van der Waals surface area contributed by atoms with Gasteiger partial charge in [-0.25, -0.2) is 8.42 Å². The van der Waals surface area contributed by atoms with Crippen molar-refractivity contribution in [2.75, 3.05) is 22.7 Å². The fourth-order valence-electron chi connectivity index (χ4n) is 3.27. The zero-order chi connectivity index (χ0) is 23.1. The van der Waals surface area contributed by atoms with E-state index in [9.17, 15) is 13.2 Å². The highest BCUT2D eigenvalue weighted by molar-refractivity contribution is 7.92. The molecule has 0 aliphatic heterocycles. The highest BCUT2D eigenvalue weighted by Gasteiger charge is 2.16. The number of anilines is 2. The second-order valence-electron chi connectivity index (χ2n) is 7.13. The van der Waals surface area contributed by atoms with E-state index in [0.717, 1.165) is 24.3 Å². The van der Waals surface area contributed by atoms with Crippen LogP contribution in [-0.2, 0) is 16.6 Å². The Labute approximate surface area is 194 Å². The Morgan fingerprint density at radius 2 is 1.59 bits per heavy atom. The number of hydrogen-bond donors (Lipinski definition) is 2. The normalized spacial score (nSPS) is 11.1. The minimum atomic E-state index is -3.77. The molecule has 0 aliphatic rings. The maximum atomic E-state index is 12.7. The number of carbonyl (C=O) groups is 1. The van der Waals surface area contributed by atoms with Crippen molar-refractivity contribution in [1.82, 2.24) is 5.32 Å². The van der Waals surface area contributed by atoms with Crippen LogP contribution in [0.4, 0.5) is 11.4 Å². The van der Waals surface area contributed by atoms with Crippen LogP contribution in [0.25, 0.3) is 0 Å². The molecule has 0 saturated heterocycles. The number of nitrogens with one attached hydrogen (secondary N) is 2. The van der Waals surface area contributed by atoms with Gasteiger partial charge >= 0.3 is 0 Å². The summed E-state index contributed by atoms with van der Waals surface area (Å²) in [5.41, 5.74) is 2.53. The van der Waals surface area contributed by atoms with Crippen LogP contribution in [-0.4, -0.2) is 27.4 Å². The van der Waals surface area contributed by atoms with Gasteiger partial charge in [0.25, 0.3) is 15.9 Å². The number of benzene rings is 3. The number of carbonyl (C=O) groups excluding carboxylic acids is 1. The van der Waals surface area contributed by atoms with E-state index in [-0.39, 0.29) is 27.1 Å². The second-order valence-corrected chi connectivity index (χ2v) is 9.22. The van der Waals surface area contributed by atoms with Gasteiger partial charge in [-0.15, -0.1) is 0 Å². The highest BCUT2D eigenvalue weighted by Crippen LogP contribution is 2.23. The molecular weight excluding hydrogens is 446 g/mol. The van der Waals surface area contributed by atoms with Gasteiger partial charge in [-0.05, 0) is 61.9 Å². The van der Waals surface area contributed by atoms with Crippen LogP contribution >= 0.6 is 11.6 Å². The average molecular weight is 472 g/mol. The van der Waals surface area contributed by atoms with E-state index in [0.29, 0.717) is 6.54 Å². The molecule has 1 amide bonds. The minimum Gasteiger partial charge on any atom is -0.372 e. The largest absolute Gasteiger partial charge is 0.372 e. The number of rotatable bonds is 9. The summed E-state index contributed by atoms with van der Waals surface area (Å²) in [7, 11) is -3.77. The Bertz CT molecular complexity index is 1160. The molecule has 0 saturated carbocycles. The van der Waals surface area contributed by atoms with E-state index < -0.39 is 10.0 Å². The summed E-state index contributed by atoms with van der Waals surface area (Å²) < 4.78 is 27.6. The van der Waals surface area contributed by atoms with Crippen molar-refractivity contribution >= 4 is 38.9 Å². The molecule has 0 heterocycles. The number of amides is 1. The molecule has 0 spiro atoms. The van der Waals surface area contributed by atoms with E-state index >= 15 is 0 Å². The molecule has 0 aliphatic carbocycles. The van der Waals surface area contributed by atoms with Gasteiger partial charge in [0.1, 0.15) is 0 Å². The molecule has 8 heteroatoms. The fraction of sp³-hybridized carbons (Fsp3) is 0.208. The predicted molar refractivity (Wildman–Crippen MR) is 130 cm³/mol. The monoisotopic (exact) mass is 471 g/mol. The first kappa shape index (κ1) is 23.6. The SMILES string of the molecule is CCN(CC)c1ccc(CNC(=O)c2cc(NS(=O)(=O)c3ccccc3)ccc2Cl)cc1. The Morgan fingerprint density at radius 1 is 0.938 bits per heavy atom. The third kappa shape index (κ3) is 5.81. The molecule has 0 bridgehead atoms. The molecule has 2 N–H and O–H groups in total. The van der Waals surface area contributed by atoms with E-state index in [1.807, 2.05) is 24.3 Å². The summed E-state index contributed by atoms with van der Waals surface area (Å²) in [5.74, 6) is -0.386. The lowest BCUT2D eigenvalue weighted by atomic mass is 10.1. The Kier molecular flexibility index (Phi) is 7.77. The molecule has 32 heavy (non-hydrogen) atoms. The van der Waals surface area contributed by atoms with Gasteiger partial charge in [-0.2, -0.15) is 0 Å². The van der Waals surface area contributed by atoms with Crippen LogP contribution in [0.3, 0.4) is 0 Å². The van der Waals surface area contributed by atoms with Gasteiger partial charge in [0.05, 0.1) is 15.5 Å². The molecule has 0 unspecified atom stereocenters. The van der Waals surface area contributed by atoms with Gasteiger partial charge in [0.2, 0.25) is 0 Å². The summed E-state index contributed by atoms with van der Waals surface area (Å²) >= 11 is 6.21. The Balaban J connectivity index is 1.69. The fourth-order valence-corrected chi connectivity index (χ4v) is 4.54. The highest BCUT2D eigenvalue weighted by atomic mass is 35.5. The molecule has 3 aromatic carbocycles. The first-order chi connectivity index (χ1) is 15.3. The van der Waals surface area contributed by atoms with Gasteiger partial charge in [-0.1, -0.05) is 41.9 Å². The third-order valence-electron chi connectivity index (χ3n) is 5.03. The molecule has 6 nitrogen and oxygen atoms in total. The number of nitrogens with zero attached hydrogens (tertiary/aromatic N) is 1. The summed E-state index contributed by atoms with van der Waals surface area (Å²) in [4.78, 5) is 15.1. The lowest BCUT2D eigenvalue weighted by Gasteiger charge is -2.21. The summed E-state index contributed by atoms with van der Waals surface area (Å²) in [6.45, 7) is 6.39. The molecule has 0 fully saturated rings. The molecule has 168 valence electrons. The van der Waals surface area contributed by atoms with Crippen molar-refractivity contribution in [3.05, 3.63) is 88.9 Å². The zero-order valence-corrected chi connectivity index (χ0v) is 19.6. The predicted octanol–water partition coefficient (Wildman–Crippen LogP) is 4.92. The van der Waals surface area contributed by atoms with E-state index in [1.54, 1.807) is 18.2 Å². The van der Waals surface area contributed by atoms with Crippen molar-refractivity contribution < 1.29 is 13.2 Å². The topological polar surface area (TPSA) is 78.5 Å². The van der Waals surface area contributed by atoms with Crippen LogP contribution < -0.4 is 14.9 Å². The van der Waals surface area contributed by atoms with Crippen LogP contribution in [0.1, 0.15) is 29.8 Å². The van der Waals surface area contributed by atoms with Crippen molar-refractivity contribution in [2.24, 2.45) is 0 Å². The molecule has 3 aromatic rings. The van der Waals surface area contributed by atoms with Gasteiger partial charge in [0, 0.05) is 31.0 Å². The smallest absolute Gasteiger partial charge is 0.261 e. The number of halogens is 1. The first-order valence-corrected chi connectivity index (χ1v) is 12.2. The van der Waals surface area contributed by atoms with Crippen molar-refractivity contribution in [1.29, 1.82) is 0 Å². The van der Waals surface area contributed by atoms with Crippen molar-refractivity contribution in [3.63, 3.8) is 0 Å². The summed E-state index contributed by atoms with van der Waals surface area (Å²) in [6.07, 6.45) is 0. The van der Waals surface area contributed by atoms with Gasteiger partial charge in [-0.3, -0.25) is 9.52 Å². The standard InChI is InChI=1S/C24H26ClN3O3S/c1-3-28(4-2)20-13-10-18(11-14-20)17-26-24(29)22-16-19(12-15-23(22)25)27-32(30,31)21-8-6-5-7-9-21/h5-16,27H,3-4,17H2,1-2H3,(H,26,29). The van der Waals surface area contributed by atoms with Crippen molar-refractivity contribution in [3.8, 4) is 0 Å². The van der Waals surface area contributed by atoms with Crippen LogP contribution in [0.15, 0.2) is 77.7 Å². The quantitative estimate of drug-likeness (QED) is 0.464. The van der Waals surface area contributed by atoms with Gasteiger partial charge < -0.3 is 10.2 Å². The lowest BCUT2D eigenvalue weighted by molar-refractivity contribution is 0.0951. The molecule has 0 aromatic heterocycles. The van der Waals surface area contributed by atoms with Crippen molar-refractivity contribution in [2.45, 2.75) is 25.3 Å². The summed E-state index contributed by atoms with van der Waals surface area (Å²) in [5, 5.41) is 3.08. The maximum absolute atomic E-state index is 12.7. The zero-order valence-electron chi connectivity index (χ0n) is 18.0.